The second kappa shape index (κ2) is 5.66. The number of nitrogens with zero attached hydrogens (tertiary/aromatic N) is 4. The maximum Gasteiger partial charge on any atom is 0.350 e. The van der Waals surface area contributed by atoms with Gasteiger partial charge < -0.3 is 25.2 Å². The molecule has 0 aromatic carbocycles. The van der Waals surface area contributed by atoms with Crippen molar-refractivity contribution >= 4 is 42.9 Å². The van der Waals surface area contributed by atoms with Gasteiger partial charge in [0.1, 0.15) is 17.2 Å². The number of aliphatic imine (C=N–C) groups is 3. The lowest BCUT2D eigenvalue weighted by Gasteiger charge is -2.23. The summed E-state index contributed by atoms with van der Waals surface area (Å²) >= 11 is 5.06. The molecule has 2 aliphatic rings. The molecular weight excluding hydrogens is 305 g/mol. The zero-order valence-corrected chi connectivity index (χ0v) is 12.3. The van der Waals surface area contributed by atoms with Crippen LogP contribution in [-0.2, 0) is 9.30 Å². The monoisotopic (exact) mass is 319 g/mol. The van der Waals surface area contributed by atoms with Gasteiger partial charge in [0.2, 0.25) is 5.96 Å². The Hall–Kier alpha value is -1.19. The van der Waals surface area contributed by atoms with E-state index in [0.717, 1.165) is 0 Å². The summed E-state index contributed by atoms with van der Waals surface area (Å²) < 4.78 is 15.8. The van der Waals surface area contributed by atoms with Crippen molar-refractivity contribution in [1.82, 2.24) is 4.90 Å². The predicted octanol–water partition coefficient (Wildman–Crippen LogP) is -0.707. The molecule has 2 aliphatic heterocycles. The third kappa shape index (κ3) is 3.68. The molecule has 0 aromatic rings. The zero-order valence-electron chi connectivity index (χ0n) is 10.6. The smallest absolute Gasteiger partial charge is 0.350 e. The van der Waals surface area contributed by atoms with Crippen LogP contribution in [0.3, 0.4) is 0 Å². The van der Waals surface area contributed by atoms with E-state index >= 15 is 0 Å². The van der Waals surface area contributed by atoms with E-state index in [1.807, 2.05) is 0 Å². The van der Waals surface area contributed by atoms with Crippen molar-refractivity contribution in [1.29, 1.82) is 0 Å². The number of hydrogen-bond acceptors (Lipinski definition) is 7. The van der Waals surface area contributed by atoms with Crippen molar-refractivity contribution in [2.75, 3.05) is 12.9 Å². The molecule has 0 radical (unpaired) electrons. The van der Waals surface area contributed by atoms with Crippen molar-refractivity contribution in [2.24, 2.45) is 20.7 Å². The van der Waals surface area contributed by atoms with E-state index in [1.165, 1.54) is 0 Å². The molecule has 9 nitrogen and oxygen atoms in total. The normalized spacial score (nSPS) is 23.4. The van der Waals surface area contributed by atoms with E-state index in [-0.39, 0.29) is 5.96 Å². The summed E-state index contributed by atoms with van der Waals surface area (Å²) in [6, 6.07) is -0.425. The van der Waals surface area contributed by atoms with Crippen LogP contribution >= 0.6 is 19.8 Å². The molecule has 110 valence electrons. The lowest BCUT2D eigenvalue weighted by atomic mass is 10.2. The maximum absolute atomic E-state index is 10.7. The predicted molar refractivity (Wildman–Crippen MR) is 78.1 cm³/mol. The van der Waals surface area contributed by atoms with Crippen molar-refractivity contribution in [3.05, 3.63) is 0 Å². The number of fused-ring (bicyclic) bond motifs is 1. The van der Waals surface area contributed by atoms with E-state index in [0.29, 0.717) is 17.4 Å². The Labute approximate surface area is 120 Å². The number of ether oxygens (including phenoxy) is 1. The molecule has 0 aliphatic carbocycles. The fourth-order valence-corrected chi connectivity index (χ4v) is 2.45. The number of thiocarbonyl (C=S) groups is 1. The molecule has 0 fully saturated rings. The highest BCUT2D eigenvalue weighted by atomic mass is 32.1. The minimum Gasteiger partial charge on any atom is -0.368 e. The number of nitrogens with two attached hydrogens (primary N) is 1. The van der Waals surface area contributed by atoms with Crippen LogP contribution in [0, 0.1) is 0 Å². The average Bonchev–Trinajstić information content (AvgIpc) is 2.69. The lowest BCUT2D eigenvalue weighted by molar-refractivity contribution is 0.0811. The van der Waals surface area contributed by atoms with Gasteiger partial charge in [-0.2, -0.15) is 4.99 Å². The summed E-state index contributed by atoms with van der Waals surface area (Å²) in [5.74, 6) is 0.620. The third-order valence-electron chi connectivity index (χ3n) is 2.56. The highest BCUT2D eigenvalue weighted by Crippen LogP contribution is 2.34. The highest BCUT2D eigenvalue weighted by Gasteiger charge is 2.33. The van der Waals surface area contributed by atoms with E-state index in [2.05, 4.69) is 15.0 Å². The highest BCUT2D eigenvalue weighted by molar-refractivity contribution is 7.80. The van der Waals surface area contributed by atoms with E-state index < -0.39 is 26.1 Å². The van der Waals surface area contributed by atoms with Gasteiger partial charge >= 0.3 is 7.60 Å². The summed E-state index contributed by atoms with van der Waals surface area (Å²) in [6.07, 6.45) is 0.488. The molecule has 2 unspecified atom stereocenters. The SMILES string of the molecule is CC(CN1C=NC2C(=S)N=C(N)N=C21)OCP(=O)(O)O. The topological polar surface area (TPSA) is 133 Å². The first-order valence-electron chi connectivity index (χ1n) is 5.69. The number of rotatable bonds is 5. The first-order valence-corrected chi connectivity index (χ1v) is 7.89. The first-order chi connectivity index (χ1) is 9.26. The molecule has 0 amide bonds. The van der Waals surface area contributed by atoms with Gasteiger partial charge in [-0.1, -0.05) is 12.2 Å². The molecule has 0 spiro atoms. The summed E-state index contributed by atoms with van der Waals surface area (Å²) in [6.45, 7) is 2.02. The zero-order chi connectivity index (χ0) is 14.9. The van der Waals surface area contributed by atoms with Gasteiger partial charge in [0.05, 0.1) is 19.0 Å². The van der Waals surface area contributed by atoms with Crippen LogP contribution < -0.4 is 5.73 Å². The minimum absolute atomic E-state index is 0.0699. The van der Waals surface area contributed by atoms with Gasteiger partial charge in [0.25, 0.3) is 0 Å². The molecule has 0 aromatic heterocycles. The third-order valence-corrected chi connectivity index (χ3v) is 3.36. The van der Waals surface area contributed by atoms with Crippen LogP contribution in [0.4, 0.5) is 0 Å². The van der Waals surface area contributed by atoms with E-state index in [4.69, 9.17) is 32.5 Å². The van der Waals surface area contributed by atoms with Crippen LogP contribution in [0.15, 0.2) is 15.0 Å². The van der Waals surface area contributed by atoms with Crippen LogP contribution in [0.2, 0.25) is 0 Å². The quantitative estimate of drug-likeness (QED) is 0.450. The van der Waals surface area contributed by atoms with Crippen molar-refractivity contribution < 1.29 is 19.1 Å². The largest absolute Gasteiger partial charge is 0.368 e. The molecule has 2 atom stereocenters. The van der Waals surface area contributed by atoms with Gasteiger partial charge in [-0.3, -0.25) is 9.56 Å². The van der Waals surface area contributed by atoms with Crippen LogP contribution in [0.25, 0.3) is 0 Å². The number of hydrogen-bond donors (Lipinski definition) is 3. The standard InChI is InChI=1S/C9H14N5O4PS/c1-5(18-4-19(15,16)17)2-14-3-11-6-7(14)12-9(10)13-8(6)20/h3,5-6H,2,4H2,1H3,(H2,10,13,20)(H2,15,16,17). The van der Waals surface area contributed by atoms with Crippen LogP contribution in [-0.4, -0.2) is 62.8 Å². The molecule has 20 heavy (non-hydrogen) atoms. The summed E-state index contributed by atoms with van der Waals surface area (Å²) in [7, 11) is -4.18. The summed E-state index contributed by atoms with van der Waals surface area (Å²) in [5, 5.41) is 0. The average molecular weight is 319 g/mol. The molecule has 2 heterocycles. The first kappa shape index (κ1) is 15.2. The number of guanidine groups is 1. The van der Waals surface area contributed by atoms with Gasteiger partial charge in [0.15, 0.2) is 6.04 Å². The fourth-order valence-electron chi connectivity index (χ4n) is 1.74. The second-order valence-corrected chi connectivity index (χ2v) is 6.37. The Morgan fingerprint density at radius 3 is 2.95 bits per heavy atom. The van der Waals surface area contributed by atoms with Gasteiger partial charge in [-0.25, -0.2) is 4.99 Å². The van der Waals surface area contributed by atoms with Gasteiger partial charge in [0, 0.05) is 0 Å². The summed E-state index contributed by atoms with van der Waals surface area (Å²) in [5.41, 5.74) is 5.55. The second-order valence-electron chi connectivity index (χ2n) is 4.37. The summed E-state index contributed by atoms with van der Waals surface area (Å²) in [4.78, 5) is 31.7. The molecule has 0 saturated carbocycles. The molecular formula is C9H14N5O4PS. The van der Waals surface area contributed by atoms with Crippen molar-refractivity contribution in [3.63, 3.8) is 0 Å². The van der Waals surface area contributed by atoms with Crippen LogP contribution in [0.1, 0.15) is 6.92 Å². The molecule has 0 bridgehead atoms. The van der Waals surface area contributed by atoms with Gasteiger partial charge in [-0.05, 0) is 6.92 Å². The molecule has 4 N–H and O–H groups in total. The minimum atomic E-state index is -4.18. The molecule has 0 saturated heterocycles. The Kier molecular flexibility index (Phi) is 4.31. The Morgan fingerprint density at radius 1 is 1.60 bits per heavy atom. The van der Waals surface area contributed by atoms with Crippen molar-refractivity contribution in [3.8, 4) is 0 Å². The lowest BCUT2D eigenvalue weighted by Crippen LogP contribution is -2.42. The number of amidine groups is 1. The van der Waals surface area contributed by atoms with Crippen LogP contribution in [0.5, 0.6) is 0 Å². The Morgan fingerprint density at radius 2 is 2.30 bits per heavy atom. The Bertz CT molecular complexity index is 557. The van der Waals surface area contributed by atoms with Gasteiger partial charge in [-0.15, -0.1) is 0 Å². The molecule has 2 rings (SSSR count). The molecule has 11 heteroatoms. The van der Waals surface area contributed by atoms with Crippen molar-refractivity contribution in [2.45, 2.75) is 19.1 Å². The Balaban J connectivity index is 1.98. The fraction of sp³-hybridized carbons (Fsp3) is 0.556. The van der Waals surface area contributed by atoms with E-state index in [9.17, 15) is 4.57 Å². The maximum atomic E-state index is 10.7. The van der Waals surface area contributed by atoms with E-state index in [1.54, 1.807) is 18.2 Å².